The number of pyridine rings is 1. The number of rotatable bonds is 6. The second kappa shape index (κ2) is 6.67. The zero-order valence-corrected chi connectivity index (χ0v) is 14.9. The minimum atomic E-state index is 0.201. The van der Waals surface area contributed by atoms with Crippen molar-refractivity contribution in [1.82, 2.24) is 19.6 Å². The third kappa shape index (κ3) is 2.85. The van der Waals surface area contributed by atoms with Crippen molar-refractivity contribution < 1.29 is 9.52 Å². The van der Waals surface area contributed by atoms with Crippen LogP contribution in [0.4, 0.5) is 5.82 Å². The van der Waals surface area contributed by atoms with E-state index in [1.54, 1.807) is 23.0 Å². The SMILES string of the molecule is CCC(CC)CNc1ccc2ncc(-c3cc4c([OH2+])nccc4o3)n2n1. The standard InChI is InChI=1S/C19H21N5O2/c1-3-12(4-2)10-21-17-5-6-18-22-11-14(24(18)23-17)16-9-13-15(26-16)7-8-20-19(13)25/h5-9,11-12H,3-4,10H2,1-2H3,(H,20,25)(H,21,23)/p+1. The zero-order chi connectivity index (χ0) is 18.1. The van der Waals surface area contributed by atoms with Crippen LogP contribution in [0.1, 0.15) is 26.7 Å². The minimum absolute atomic E-state index is 0.201. The molecule has 4 aromatic heterocycles. The van der Waals surface area contributed by atoms with Gasteiger partial charge in [0.2, 0.25) is 0 Å². The third-order valence-corrected chi connectivity index (χ3v) is 4.79. The van der Waals surface area contributed by atoms with E-state index in [2.05, 4.69) is 34.2 Å². The van der Waals surface area contributed by atoms with Gasteiger partial charge in [0, 0.05) is 24.9 Å². The van der Waals surface area contributed by atoms with E-state index < -0.39 is 0 Å². The lowest BCUT2D eigenvalue weighted by Gasteiger charge is -2.13. The molecule has 0 atom stereocenters. The third-order valence-electron chi connectivity index (χ3n) is 4.79. The van der Waals surface area contributed by atoms with Crippen molar-refractivity contribution in [2.45, 2.75) is 26.7 Å². The van der Waals surface area contributed by atoms with Gasteiger partial charge in [-0.25, -0.2) is 9.50 Å². The molecule has 3 N–H and O–H groups in total. The smallest absolute Gasteiger partial charge is 0.368 e. The number of hydrogen-bond donors (Lipinski definition) is 1. The van der Waals surface area contributed by atoms with E-state index in [0.717, 1.165) is 36.5 Å². The second-order valence-electron chi connectivity index (χ2n) is 6.38. The Morgan fingerprint density at radius 2 is 2.04 bits per heavy atom. The van der Waals surface area contributed by atoms with Crippen LogP contribution in [0.3, 0.4) is 0 Å². The Bertz CT molecular complexity index is 1050. The van der Waals surface area contributed by atoms with Crippen molar-refractivity contribution >= 4 is 22.4 Å². The van der Waals surface area contributed by atoms with E-state index in [4.69, 9.17) is 9.52 Å². The molecule has 0 unspecified atom stereocenters. The van der Waals surface area contributed by atoms with Crippen LogP contribution < -0.4 is 5.32 Å². The first-order chi connectivity index (χ1) is 12.7. The molecule has 0 saturated heterocycles. The summed E-state index contributed by atoms with van der Waals surface area (Å²) in [6, 6.07) is 7.46. The maximum absolute atomic E-state index is 7.91. The van der Waals surface area contributed by atoms with Crippen molar-refractivity contribution in [2.24, 2.45) is 5.92 Å². The molecule has 4 heterocycles. The molecule has 0 saturated carbocycles. The van der Waals surface area contributed by atoms with Crippen molar-refractivity contribution in [1.29, 1.82) is 0 Å². The molecule has 0 aromatic carbocycles. The summed E-state index contributed by atoms with van der Waals surface area (Å²) in [5.41, 5.74) is 2.14. The minimum Gasteiger partial charge on any atom is -0.578 e. The lowest BCUT2D eigenvalue weighted by Crippen LogP contribution is -2.14. The largest absolute Gasteiger partial charge is 0.578 e. The molecule has 0 radical (unpaired) electrons. The van der Waals surface area contributed by atoms with Crippen LogP contribution in [0.2, 0.25) is 0 Å². The molecule has 0 aliphatic heterocycles. The van der Waals surface area contributed by atoms with Crippen LogP contribution in [-0.4, -0.2) is 31.2 Å². The second-order valence-corrected chi connectivity index (χ2v) is 6.38. The summed E-state index contributed by atoms with van der Waals surface area (Å²) < 4.78 is 7.66. The van der Waals surface area contributed by atoms with Gasteiger partial charge >= 0.3 is 5.88 Å². The van der Waals surface area contributed by atoms with E-state index in [-0.39, 0.29) is 5.88 Å². The summed E-state index contributed by atoms with van der Waals surface area (Å²) in [5.74, 6) is 2.26. The molecule has 0 spiro atoms. The number of aromatic nitrogens is 4. The molecule has 0 fully saturated rings. The lowest BCUT2D eigenvalue weighted by atomic mass is 10.0. The zero-order valence-electron chi connectivity index (χ0n) is 14.9. The number of anilines is 1. The highest BCUT2D eigenvalue weighted by Gasteiger charge is 2.16. The van der Waals surface area contributed by atoms with Crippen LogP contribution >= 0.6 is 0 Å². The summed E-state index contributed by atoms with van der Waals surface area (Å²) in [6.45, 7) is 5.31. The molecule has 4 aromatic rings. The Morgan fingerprint density at radius 3 is 2.81 bits per heavy atom. The summed E-state index contributed by atoms with van der Waals surface area (Å²) >= 11 is 0. The summed E-state index contributed by atoms with van der Waals surface area (Å²) in [7, 11) is 0. The maximum Gasteiger partial charge on any atom is 0.368 e. The highest BCUT2D eigenvalue weighted by Crippen LogP contribution is 2.31. The van der Waals surface area contributed by atoms with Gasteiger partial charge in [0.25, 0.3) is 0 Å². The molecule has 134 valence electrons. The molecule has 0 amide bonds. The van der Waals surface area contributed by atoms with Gasteiger partial charge in [-0.1, -0.05) is 26.7 Å². The van der Waals surface area contributed by atoms with Gasteiger partial charge in [0.1, 0.15) is 22.5 Å². The van der Waals surface area contributed by atoms with E-state index in [1.165, 1.54) is 0 Å². The molecule has 0 aliphatic carbocycles. The average Bonchev–Trinajstić information content (AvgIpc) is 3.26. The molecular weight excluding hydrogens is 330 g/mol. The molecule has 7 heteroatoms. The van der Waals surface area contributed by atoms with E-state index in [9.17, 15) is 0 Å². The first kappa shape index (κ1) is 16.4. The molecule has 26 heavy (non-hydrogen) atoms. The first-order valence-corrected chi connectivity index (χ1v) is 8.88. The van der Waals surface area contributed by atoms with Crippen molar-refractivity contribution in [3.05, 3.63) is 36.7 Å². The Morgan fingerprint density at radius 1 is 1.19 bits per heavy atom. The highest BCUT2D eigenvalue weighted by molar-refractivity contribution is 5.86. The average molecular weight is 352 g/mol. The van der Waals surface area contributed by atoms with E-state index in [0.29, 0.717) is 22.6 Å². The number of hydrogen-bond acceptors (Lipinski definition) is 5. The predicted molar refractivity (Wildman–Crippen MR) is 102 cm³/mol. The lowest BCUT2D eigenvalue weighted by molar-refractivity contribution is 0.460. The number of imidazole rings is 1. The van der Waals surface area contributed by atoms with Gasteiger partial charge in [-0.15, -0.1) is 5.10 Å². The normalized spacial score (nSPS) is 11.7. The number of fused-ring (bicyclic) bond motifs is 2. The van der Waals surface area contributed by atoms with Crippen LogP contribution in [0.25, 0.3) is 28.1 Å². The monoisotopic (exact) mass is 352 g/mol. The fraction of sp³-hybridized carbons (Fsp3) is 0.316. The van der Waals surface area contributed by atoms with Crippen LogP contribution in [0.15, 0.2) is 41.1 Å². The van der Waals surface area contributed by atoms with E-state index in [1.807, 2.05) is 18.2 Å². The molecule has 7 nitrogen and oxygen atoms in total. The molecule has 4 rings (SSSR count). The Hall–Kier alpha value is -3.09. The topological polar surface area (TPSA) is 91.1 Å². The first-order valence-electron chi connectivity index (χ1n) is 8.88. The van der Waals surface area contributed by atoms with Gasteiger partial charge in [-0.2, -0.15) is 4.98 Å². The van der Waals surface area contributed by atoms with Gasteiger partial charge < -0.3 is 14.8 Å². The number of furan rings is 1. The van der Waals surface area contributed by atoms with Gasteiger partial charge in [0.05, 0.1) is 6.20 Å². The number of nitrogens with zero attached hydrogens (tertiary/aromatic N) is 4. The summed E-state index contributed by atoms with van der Waals surface area (Å²) in [6.07, 6.45) is 5.60. The summed E-state index contributed by atoms with van der Waals surface area (Å²) in [4.78, 5) is 8.40. The fourth-order valence-electron chi connectivity index (χ4n) is 3.05. The quantitative estimate of drug-likeness (QED) is 0.533. The Balaban J connectivity index is 1.70. The Labute approximate surface area is 150 Å². The van der Waals surface area contributed by atoms with Gasteiger partial charge in [-0.3, -0.25) is 0 Å². The van der Waals surface area contributed by atoms with Crippen molar-refractivity contribution in [2.75, 3.05) is 11.9 Å². The van der Waals surface area contributed by atoms with Crippen molar-refractivity contribution in [3.8, 4) is 17.3 Å². The maximum atomic E-state index is 7.91. The van der Waals surface area contributed by atoms with Crippen LogP contribution in [-0.2, 0) is 0 Å². The summed E-state index contributed by atoms with van der Waals surface area (Å²) in [5, 5.41) is 16.7. The molecular formula is C19H22N5O2+. The molecule has 0 bridgehead atoms. The Kier molecular flexibility index (Phi) is 4.20. The fourth-order valence-corrected chi connectivity index (χ4v) is 3.05. The molecule has 0 aliphatic rings. The van der Waals surface area contributed by atoms with Crippen LogP contribution in [0, 0.1) is 5.92 Å². The van der Waals surface area contributed by atoms with Gasteiger partial charge in [-0.05, 0) is 18.1 Å². The predicted octanol–water partition coefficient (Wildman–Crippen LogP) is 3.82. The van der Waals surface area contributed by atoms with Crippen LogP contribution in [0.5, 0.6) is 5.88 Å². The van der Waals surface area contributed by atoms with Crippen molar-refractivity contribution in [3.63, 3.8) is 0 Å². The number of nitrogens with one attached hydrogen (secondary N) is 1. The van der Waals surface area contributed by atoms with Gasteiger partial charge in [0.15, 0.2) is 11.4 Å². The highest BCUT2D eigenvalue weighted by atomic mass is 16.3. The van der Waals surface area contributed by atoms with E-state index >= 15 is 0 Å².